The summed E-state index contributed by atoms with van der Waals surface area (Å²) in [6, 6.07) is 78.2. The van der Waals surface area contributed by atoms with E-state index >= 15 is 0 Å². The van der Waals surface area contributed by atoms with Gasteiger partial charge in [0, 0.05) is 38.8 Å². The average Bonchev–Trinajstić information content (AvgIpc) is 3.76. The molecule has 3 heterocycles. The number of rotatable bonds is 8. The number of pyridine rings is 1. The van der Waals surface area contributed by atoms with Crippen LogP contribution in [-0.2, 0) is 0 Å². The maximum Gasteiger partial charge on any atom is 0.164 e. The van der Waals surface area contributed by atoms with Gasteiger partial charge in [0.2, 0.25) is 0 Å². The first-order chi connectivity index (χ1) is 30.2. The topological polar surface area (TPSA) is 56.0 Å². The van der Waals surface area contributed by atoms with Gasteiger partial charge in [-0.25, -0.2) is 19.5 Å². The normalized spacial score (nSPS) is 11.3. The van der Waals surface area contributed by atoms with Crippen molar-refractivity contribution in [2.45, 2.75) is 0 Å². The standard InChI is InChI=1S/C56H37N5/c1-6-17-41(18-7-1)49-37-47-27-16-28-48(50(47)53-51(42-19-8-2-9-20-42)52(60-61(49)53)43-21-10-3-11-22-43)40-33-29-38(30-34-40)39-31-35-46(36-32-39)56-58-54(44-23-12-4-13-24-44)57-55(59-56)45-25-14-5-15-26-45/h1-37H. The molecule has 0 amide bonds. The van der Waals surface area contributed by atoms with Crippen LogP contribution in [0.25, 0.3) is 106 Å². The van der Waals surface area contributed by atoms with Crippen LogP contribution >= 0.6 is 0 Å². The van der Waals surface area contributed by atoms with E-state index in [1.54, 1.807) is 0 Å². The summed E-state index contributed by atoms with van der Waals surface area (Å²) in [6.45, 7) is 0. The van der Waals surface area contributed by atoms with Crippen molar-refractivity contribution in [3.05, 3.63) is 224 Å². The van der Waals surface area contributed by atoms with Gasteiger partial charge < -0.3 is 0 Å². The van der Waals surface area contributed by atoms with Crippen molar-refractivity contribution in [1.29, 1.82) is 0 Å². The van der Waals surface area contributed by atoms with E-state index < -0.39 is 0 Å². The molecule has 61 heavy (non-hydrogen) atoms. The second-order valence-corrected chi connectivity index (χ2v) is 15.1. The van der Waals surface area contributed by atoms with E-state index in [0.29, 0.717) is 17.5 Å². The number of aromatic nitrogens is 5. The van der Waals surface area contributed by atoms with Crippen molar-refractivity contribution >= 4 is 16.3 Å². The molecule has 3 aromatic heterocycles. The SMILES string of the molecule is c1ccc(-c2nc(-c3ccccc3)nc(-c3ccc(-c4ccc(-c5cccc6cc(-c7ccccc7)n7nc(-c8ccccc8)c(-c8ccccc8)c7c56)cc4)cc3)n2)cc1. The highest BCUT2D eigenvalue weighted by atomic mass is 15.2. The summed E-state index contributed by atoms with van der Waals surface area (Å²) in [4.78, 5) is 14.7. The van der Waals surface area contributed by atoms with Crippen LogP contribution < -0.4 is 0 Å². The van der Waals surface area contributed by atoms with E-state index in [0.717, 1.165) is 88.9 Å². The highest BCUT2D eigenvalue weighted by molar-refractivity contribution is 6.14. The van der Waals surface area contributed by atoms with Gasteiger partial charge in [0.05, 0.1) is 11.2 Å². The lowest BCUT2D eigenvalue weighted by Gasteiger charge is -2.14. The fraction of sp³-hybridized carbons (Fsp3) is 0. The molecule has 0 N–H and O–H groups in total. The molecule has 0 fully saturated rings. The van der Waals surface area contributed by atoms with Crippen LogP contribution in [0.2, 0.25) is 0 Å². The molecule has 0 unspecified atom stereocenters. The number of hydrogen-bond donors (Lipinski definition) is 0. The van der Waals surface area contributed by atoms with Gasteiger partial charge in [-0.3, -0.25) is 0 Å². The predicted molar refractivity (Wildman–Crippen MR) is 250 cm³/mol. The minimum Gasteiger partial charge on any atom is -0.231 e. The van der Waals surface area contributed by atoms with E-state index in [1.165, 1.54) is 0 Å². The predicted octanol–water partition coefficient (Wildman–Crippen LogP) is 14.0. The molecule has 0 radical (unpaired) electrons. The quantitative estimate of drug-likeness (QED) is 0.154. The monoisotopic (exact) mass is 779 g/mol. The van der Waals surface area contributed by atoms with Gasteiger partial charge in [-0.15, -0.1) is 0 Å². The van der Waals surface area contributed by atoms with Crippen LogP contribution in [0.1, 0.15) is 0 Å². The average molecular weight is 780 g/mol. The summed E-state index contributed by atoms with van der Waals surface area (Å²) in [7, 11) is 0. The van der Waals surface area contributed by atoms with E-state index in [4.69, 9.17) is 20.1 Å². The number of fused-ring (bicyclic) bond motifs is 3. The maximum absolute atomic E-state index is 5.45. The zero-order valence-corrected chi connectivity index (χ0v) is 33.1. The molecule has 5 heteroatoms. The van der Waals surface area contributed by atoms with Crippen molar-refractivity contribution < 1.29 is 0 Å². The lowest BCUT2D eigenvalue weighted by Crippen LogP contribution is -2.00. The molecule has 286 valence electrons. The summed E-state index contributed by atoms with van der Waals surface area (Å²) in [5, 5.41) is 7.77. The Balaban J connectivity index is 1.02. The zero-order valence-electron chi connectivity index (χ0n) is 33.1. The molecule has 0 aliphatic heterocycles. The van der Waals surface area contributed by atoms with Crippen molar-refractivity contribution in [3.8, 4) is 90.1 Å². The molecular weight excluding hydrogens is 743 g/mol. The van der Waals surface area contributed by atoms with Gasteiger partial charge >= 0.3 is 0 Å². The lowest BCUT2D eigenvalue weighted by atomic mass is 9.92. The first-order valence-corrected chi connectivity index (χ1v) is 20.5. The van der Waals surface area contributed by atoms with Crippen LogP contribution in [0.5, 0.6) is 0 Å². The number of hydrogen-bond acceptors (Lipinski definition) is 4. The largest absolute Gasteiger partial charge is 0.231 e. The van der Waals surface area contributed by atoms with Gasteiger partial charge in [-0.2, -0.15) is 5.10 Å². The molecule has 0 aliphatic carbocycles. The smallest absolute Gasteiger partial charge is 0.164 e. The third kappa shape index (κ3) is 6.74. The van der Waals surface area contributed by atoms with Crippen molar-refractivity contribution in [1.82, 2.24) is 24.6 Å². The Bertz CT molecular complexity index is 3240. The fourth-order valence-corrected chi connectivity index (χ4v) is 8.31. The molecule has 0 atom stereocenters. The summed E-state index contributed by atoms with van der Waals surface area (Å²) >= 11 is 0. The van der Waals surface area contributed by atoms with E-state index in [2.05, 4.69) is 168 Å². The molecule has 0 saturated carbocycles. The van der Waals surface area contributed by atoms with Gasteiger partial charge in [0.25, 0.3) is 0 Å². The second kappa shape index (κ2) is 15.5. The van der Waals surface area contributed by atoms with Crippen molar-refractivity contribution in [3.63, 3.8) is 0 Å². The Kier molecular flexibility index (Phi) is 9.10. The molecule has 0 saturated heterocycles. The van der Waals surface area contributed by atoms with E-state index in [9.17, 15) is 0 Å². The zero-order chi connectivity index (χ0) is 40.5. The second-order valence-electron chi connectivity index (χ2n) is 15.1. The Labute approximate surface area is 354 Å². The highest BCUT2D eigenvalue weighted by Gasteiger charge is 2.23. The van der Waals surface area contributed by atoms with E-state index in [-0.39, 0.29) is 0 Å². The van der Waals surface area contributed by atoms with E-state index in [1.807, 2.05) is 60.7 Å². The minimum absolute atomic E-state index is 0.637. The highest BCUT2D eigenvalue weighted by Crippen LogP contribution is 2.44. The maximum atomic E-state index is 5.45. The summed E-state index contributed by atoms with van der Waals surface area (Å²) in [5.74, 6) is 1.93. The molecule has 8 aromatic carbocycles. The van der Waals surface area contributed by atoms with Crippen LogP contribution in [0.4, 0.5) is 0 Å². The third-order valence-corrected chi connectivity index (χ3v) is 11.3. The molecule has 5 nitrogen and oxygen atoms in total. The number of nitrogens with zero attached hydrogens (tertiary/aromatic N) is 5. The fourth-order valence-electron chi connectivity index (χ4n) is 8.31. The lowest BCUT2D eigenvalue weighted by molar-refractivity contribution is 0.980. The molecule has 11 aromatic rings. The van der Waals surface area contributed by atoms with Crippen LogP contribution in [0.3, 0.4) is 0 Å². The molecular formula is C56H37N5. The Morgan fingerprint density at radius 1 is 0.311 bits per heavy atom. The Hall–Kier alpha value is -8.28. The minimum atomic E-state index is 0.637. The van der Waals surface area contributed by atoms with Gasteiger partial charge in [-0.05, 0) is 39.3 Å². The molecule has 0 bridgehead atoms. The summed E-state index contributed by atoms with van der Waals surface area (Å²) in [6.07, 6.45) is 0. The van der Waals surface area contributed by atoms with Crippen molar-refractivity contribution in [2.24, 2.45) is 0 Å². The summed E-state index contributed by atoms with van der Waals surface area (Å²) in [5.41, 5.74) is 14.9. The summed E-state index contributed by atoms with van der Waals surface area (Å²) < 4.78 is 2.17. The first-order valence-electron chi connectivity index (χ1n) is 20.5. The van der Waals surface area contributed by atoms with Crippen LogP contribution in [0, 0.1) is 0 Å². The third-order valence-electron chi connectivity index (χ3n) is 11.3. The van der Waals surface area contributed by atoms with Crippen LogP contribution in [-0.4, -0.2) is 24.6 Å². The Morgan fingerprint density at radius 2 is 0.721 bits per heavy atom. The van der Waals surface area contributed by atoms with Gasteiger partial charge in [0.1, 0.15) is 5.69 Å². The molecule has 11 rings (SSSR count). The molecule has 0 spiro atoms. The number of benzene rings is 8. The molecule has 0 aliphatic rings. The van der Waals surface area contributed by atoms with Crippen molar-refractivity contribution in [2.75, 3.05) is 0 Å². The Morgan fingerprint density at radius 3 is 1.23 bits per heavy atom. The van der Waals surface area contributed by atoms with Gasteiger partial charge in [0.15, 0.2) is 17.5 Å². The van der Waals surface area contributed by atoms with Gasteiger partial charge in [-0.1, -0.05) is 218 Å². The van der Waals surface area contributed by atoms with Crippen LogP contribution in [0.15, 0.2) is 224 Å². The first kappa shape index (κ1) is 35.8.